The highest BCUT2D eigenvalue weighted by molar-refractivity contribution is 5.35. The molecular weight excluding hydrogens is 240 g/mol. The van der Waals surface area contributed by atoms with Crippen LogP contribution in [0.2, 0.25) is 0 Å². The van der Waals surface area contributed by atoms with E-state index in [0.717, 1.165) is 11.1 Å². The van der Waals surface area contributed by atoms with Gasteiger partial charge in [0, 0.05) is 12.7 Å². The highest BCUT2D eigenvalue weighted by atomic mass is 16.2. The van der Waals surface area contributed by atoms with E-state index in [9.17, 15) is 4.79 Å². The molecule has 1 aromatic carbocycles. The molecule has 0 unspecified atom stereocenters. The van der Waals surface area contributed by atoms with Crippen molar-refractivity contribution in [1.29, 1.82) is 0 Å². The van der Waals surface area contributed by atoms with Crippen molar-refractivity contribution in [1.82, 2.24) is 14.2 Å². The summed E-state index contributed by atoms with van der Waals surface area (Å²) >= 11 is 0. The Balaban J connectivity index is 1.96. The van der Waals surface area contributed by atoms with Crippen LogP contribution in [0.3, 0.4) is 0 Å². The number of rotatable bonds is 3. The van der Waals surface area contributed by atoms with Gasteiger partial charge in [-0.3, -0.25) is 4.40 Å². The average molecular weight is 254 g/mol. The van der Waals surface area contributed by atoms with E-state index in [1.807, 2.05) is 42.5 Å². The average Bonchev–Trinajstić information content (AvgIpc) is 2.77. The normalized spacial score (nSPS) is 11.0. The lowest BCUT2D eigenvalue weighted by molar-refractivity contribution is 0.658. The second-order valence-corrected chi connectivity index (χ2v) is 4.39. The van der Waals surface area contributed by atoms with Crippen LogP contribution in [0.5, 0.6) is 0 Å². The molecule has 3 aromatic rings. The molecule has 0 spiro atoms. The van der Waals surface area contributed by atoms with Crippen LogP contribution in [0.25, 0.3) is 5.65 Å². The summed E-state index contributed by atoms with van der Waals surface area (Å²) in [5.41, 5.74) is 8.19. The predicted molar refractivity (Wildman–Crippen MR) is 72.9 cm³/mol. The van der Waals surface area contributed by atoms with Gasteiger partial charge in [-0.2, -0.15) is 0 Å². The lowest BCUT2D eigenvalue weighted by Gasteiger charge is -2.01. The summed E-state index contributed by atoms with van der Waals surface area (Å²) in [6.45, 7) is 0.986. The van der Waals surface area contributed by atoms with Crippen LogP contribution in [0.4, 0.5) is 0 Å². The summed E-state index contributed by atoms with van der Waals surface area (Å²) < 4.78 is 3.00. The molecule has 3 rings (SSSR count). The highest BCUT2D eigenvalue weighted by Crippen LogP contribution is 2.05. The fourth-order valence-corrected chi connectivity index (χ4v) is 2.02. The molecule has 0 aliphatic rings. The van der Waals surface area contributed by atoms with Crippen molar-refractivity contribution in [2.75, 3.05) is 0 Å². The van der Waals surface area contributed by atoms with Gasteiger partial charge in [-0.25, -0.2) is 9.48 Å². The molecular formula is C14H14N4O. The van der Waals surface area contributed by atoms with Crippen LogP contribution < -0.4 is 11.4 Å². The lowest BCUT2D eigenvalue weighted by atomic mass is 10.1. The molecule has 0 fully saturated rings. The molecule has 2 N–H and O–H groups in total. The summed E-state index contributed by atoms with van der Waals surface area (Å²) in [5.74, 6) is 0. The molecule has 0 aliphatic carbocycles. The number of aromatic nitrogens is 3. The molecule has 0 aliphatic heterocycles. The predicted octanol–water partition coefficient (Wildman–Crippen LogP) is 1.00. The van der Waals surface area contributed by atoms with Crippen LogP contribution in [0.1, 0.15) is 11.1 Å². The molecule has 2 heterocycles. The Labute approximate surface area is 109 Å². The second-order valence-electron chi connectivity index (χ2n) is 4.39. The quantitative estimate of drug-likeness (QED) is 0.758. The van der Waals surface area contributed by atoms with Crippen LogP contribution in [-0.2, 0) is 13.1 Å². The summed E-state index contributed by atoms with van der Waals surface area (Å²) in [6, 6.07) is 13.4. The molecule has 0 bridgehead atoms. The van der Waals surface area contributed by atoms with Crippen molar-refractivity contribution >= 4 is 5.65 Å². The maximum atomic E-state index is 12.1. The van der Waals surface area contributed by atoms with Crippen LogP contribution in [0, 0.1) is 0 Å². The summed E-state index contributed by atoms with van der Waals surface area (Å²) in [7, 11) is 0. The SMILES string of the molecule is NCc1ccc(Cn2nc3ccccn3c2=O)cc1. The van der Waals surface area contributed by atoms with Crippen LogP contribution in [-0.4, -0.2) is 14.2 Å². The van der Waals surface area contributed by atoms with Gasteiger partial charge >= 0.3 is 5.69 Å². The smallest absolute Gasteiger partial charge is 0.326 e. The van der Waals surface area contributed by atoms with Gasteiger partial charge in [0.1, 0.15) is 0 Å². The van der Waals surface area contributed by atoms with Gasteiger partial charge in [0.15, 0.2) is 5.65 Å². The third kappa shape index (κ3) is 2.15. The zero-order valence-electron chi connectivity index (χ0n) is 10.4. The number of fused-ring (bicyclic) bond motifs is 1. The minimum absolute atomic E-state index is 0.126. The van der Waals surface area contributed by atoms with Gasteiger partial charge < -0.3 is 5.73 Å². The first kappa shape index (κ1) is 11.7. The molecule has 5 heteroatoms. The molecule has 0 atom stereocenters. The molecule has 5 nitrogen and oxygen atoms in total. The largest absolute Gasteiger partial charge is 0.350 e. The molecule has 96 valence electrons. The van der Waals surface area contributed by atoms with E-state index in [0.29, 0.717) is 18.7 Å². The van der Waals surface area contributed by atoms with Gasteiger partial charge in [0.25, 0.3) is 0 Å². The van der Waals surface area contributed by atoms with Crippen molar-refractivity contribution in [3.63, 3.8) is 0 Å². The number of benzene rings is 1. The summed E-state index contributed by atoms with van der Waals surface area (Å²) in [5, 5.41) is 4.29. The Kier molecular flexibility index (Phi) is 2.89. The van der Waals surface area contributed by atoms with Gasteiger partial charge in [-0.05, 0) is 23.3 Å². The number of nitrogens with two attached hydrogens (primary N) is 1. The van der Waals surface area contributed by atoms with Crippen LogP contribution in [0.15, 0.2) is 53.5 Å². The van der Waals surface area contributed by atoms with E-state index in [4.69, 9.17) is 5.73 Å². The Bertz CT molecular complexity index is 755. The molecule has 0 saturated carbocycles. The van der Waals surface area contributed by atoms with E-state index in [-0.39, 0.29) is 5.69 Å². The molecule has 0 saturated heterocycles. The minimum atomic E-state index is -0.126. The number of nitrogens with zero attached hydrogens (tertiary/aromatic N) is 3. The molecule has 0 radical (unpaired) electrons. The van der Waals surface area contributed by atoms with Crippen LogP contribution >= 0.6 is 0 Å². The van der Waals surface area contributed by atoms with Gasteiger partial charge in [-0.15, -0.1) is 5.10 Å². The van der Waals surface area contributed by atoms with Crippen molar-refractivity contribution < 1.29 is 0 Å². The number of hydrogen-bond acceptors (Lipinski definition) is 3. The molecule has 0 amide bonds. The van der Waals surface area contributed by atoms with Gasteiger partial charge in [0.05, 0.1) is 6.54 Å². The highest BCUT2D eigenvalue weighted by Gasteiger charge is 2.06. The van der Waals surface area contributed by atoms with E-state index in [1.54, 1.807) is 6.20 Å². The monoisotopic (exact) mass is 254 g/mol. The maximum absolute atomic E-state index is 12.1. The maximum Gasteiger partial charge on any atom is 0.350 e. The Morgan fingerprint density at radius 1 is 1.05 bits per heavy atom. The first-order chi connectivity index (χ1) is 9.28. The van der Waals surface area contributed by atoms with Crippen molar-refractivity contribution in [3.8, 4) is 0 Å². The van der Waals surface area contributed by atoms with E-state index < -0.39 is 0 Å². The number of pyridine rings is 1. The molecule has 2 aromatic heterocycles. The third-order valence-electron chi connectivity index (χ3n) is 3.08. The van der Waals surface area contributed by atoms with Crippen molar-refractivity contribution in [2.24, 2.45) is 5.73 Å². The van der Waals surface area contributed by atoms with Crippen molar-refractivity contribution in [3.05, 3.63) is 70.3 Å². The fourth-order valence-electron chi connectivity index (χ4n) is 2.02. The standard InChI is InChI=1S/C14H14N4O/c15-9-11-4-6-12(7-5-11)10-18-14(19)17-8-2-1-3-13(17)16-18/h1-8H,9-10,15H2. The minimum Gasteiger partial charge on any atom is -0.326 e. The summed E-state index contributed by atoms with van der Waals surface area (Å²) in [6.07, 6.45) is 1.72. The lowest BCUT2D eigenvalue weighted by Crippen LogP contribution is -2.21. The zero-order chi connectivity index (χ0) is 13.2. The topological polar surface area (TPSA) is 65.3 Å². The first-order valence-electron chi connectivity index (χ1n) is 6.10. The van der Waals surface area contributed by atoms with E-state index >= 15 is 0 Å². The first-order valence-corrected chi connectivity index (χ1v) is 6.10. The van der Waals surface area contributed by atoms with Gasteiger partial charge in [0.2, 0.25) is 0 Å². The Hall–Kier alpha value is -2.40. The Morgan fingerprint density at radius 2 is 1.79 bits per heavy atom. The summed E-state index contributed by atoms with van der Waals surface area (Å²) in [4.78, 5) is 12.1. The third-order valence-corrected chi connectivity index (χ3v) is 3.08. The van der Waals surface area contributed by atoms with E-state index in [1.165, 1.54) is 9.08 Å². The van der Waals surface area contributed by atoms with Crippen molar-refractivity contribution in [2.45, 2.75) is 13.1 Å². The Morgan fingerprint density at radius 3 is 2.47 bits per heavy atom. The molecule has 19 heavy (non-hydrogen) atoms. The fraction of sp³-hybridized carbons (Fsp3) is 0.143. The second kappa shape index (κ2) is 4.70. The zero-order valence-corrected chi connectivity index (χ0v) is 10.4. The van der Waals surface area contributed by atoms with Gasteiger partial charge in [-0.1, -0.05) is 30.3 Å². The van der Waals surface area contributed by atoms with E-state index in [2.05, 4.69) is 5.10 Å². The number of hydrogen-bond donors (Lipinski definition) is 1.